The summed E-state index contributed by atoms with van der Waals surface area (Å²) in [6.45, 7) is 5.51. The van der Waals surface area contributed by atoms with Crippen molar-refractivity contribution in [3.05, 3.63) is 90.0 Å². The molecule has 1 saturated heterocycles. The number of carbonyl (C=O) groups excluding carboxylic acids is 1. The standard InChI is InChI=1S/C29H33NO3/c31-28(14-9-24-5-2-1-3-6-24)23-25-7-10-26(11-8-25)27-12-15-29(16-13-27)33-20-4-17-30-18-21-32-22-19-30/h1-3,5-8,10-13,15-16H,4,9,14,17-23H2. The van der Waals surface area contributed by atoms with Gasteiger partial charge in [-0.05, 0) is 47.2 Å². The largest absolute Gasteiger partial charge is 0.494 e. The van der Waals surface area contributed by atoms with E-state index in [0.29, 0.717) is 12.8 Å². The number of ketones is 1. The molecule has 4 nitrogen and oxygen atoms in total. The van der Waals surface area contributed by atoms with E-state index in [4.69, 9.17) is 9.47 Å². The van der Waals surface area contributed by atoms with Crippen LogP contribution in [-0.2, 0) is 22.4 Å². The van der Waals surface area contributed by atoms with Crippen LogP contribution in [0.4, 0.5) is 0 Å². The molecular formula is C29H33NO3. The summed E-state index contributed by atoms with van der Waals surface area (Å²) in [6.07, 6.45) is 2.90. The summed E-state index contributed by atoms with van der Waals surface area (Å²) in [5.41, 5.74) is 4.58. The number of hydrogen-bond acceptors (Lipinski definition) is 4. The lowest BCUT2D eigenvalue weighted by atomic mass is 9.99. The average Bonchev–Trinajstić information content (AvgIpc) is 2.88. The number of aryl methyl sites for hydroxylation is 1. The van der Waals surface area contributed by atoms with Gasteiger partial charge in [0.25, 0.3) is 0 Å². The number of rotatable bonds is 11. The highest BCUT2D eigenvalue weighted by atomic mass is 16.5. The van der Waals surface area contributed by atoms with Crippen molar-refractivity contribution in [2.24, 2.45) is 0 Å². The third kappa shape index (κ3) is 7.55. The molecule has 1 fully saturated rings. The molecule has 4 rings (SSSR count). The molecule has 1 aliphatic rings. The minimum atomic E-state index is 0.279. The summed E-state index contributed by atoms with van der Waals surface area (Å²) in [4.78, 5) is 14.8. The molecule has 0 atom stereocenters. The Balaban J connectivity index is 1.20. The van der Waals surface area contributed by atoms with Crippen molar-refractivity contribution in [2.45, 2.75) is 25.7 Å². The summed E-state index contributed by atoms with van der Waals surface area (Å²) in [6, 6.07) is 26.8. The van der Waals surface area contributed by atoms with Crippen LogP contribution >= 0.6 is 0 Å². The number of ether oxygens (including phenoxy) is 2. The molecule has 0 bridgehead atoms. The molecule has 3 aromatic carbocycles. The van der Waals surface area contributed by atoms with Crippen molar-refractivity contribution in [1.29, 1.82) is 0 Å². The van der Waals surface area contributed by atoms with Gasteiger partial charge < -0.3 is 9.47 Å². The quantitative estimate of drug-likeness (QED) is 0.382. The first-order chi connectivity index (χ1) is 16.3. The van der Waals surface area contributed by atoms with Crippen LogP contribution in [0.1, 0.15) is 24.0 Å². The van der Waals surface area contributed by atoms with E-state index < -0.39 is 0 Å². The molecule has 33 heavy (non-hydrogen) atoms. The first-order valence-corrected chi connectivity index (χ1v) is 11.9. The van der Waals surface area contributed by atoms with Gasteiger partial charge in [-0.2, -0.15) is 0 Å². The smallest absolute Gasteiger partial charge is 0.137 e. The Morgan fingerprint density at radius 3 is 2.18 bits per heavy atom. The fourth-order valence-electron chi connectivity index (χ4n) is 4.11. The Labute approximate surface area is 197 Å². The minimum Gasteiger partial charge on any atom is -0.494 e. The molecule has 0 radical (unpaired) electrons. The topological polar surface area (TPSA) is 38.8 Å². The van der Waals surface area contributed by atoms with E-state index >= 15 is 0 Å². The molecule has 1 aliphatic heterocycles. The molecule has 0 spiro atoms. The summed E-state index contributed by atoms with van der Waals surface area (Å²) in [5.74, 6) is 1.18. The second-order valence-electron chi connectivity index (χ2n) is 8.58. The molecule has 0 unspecified atom stereocenters. The van der Waals surface area contributed by atoms with Crippen LogP contribution in [0.15, 0.2) is 78.9 Å². The van der Waals surface area contributed by atoms with Gasteiger partial charge in [-0.1, -0.05) is 66.7 Å². The van der Waals surface area contributed by atoms with Crippen LogP contribution in [0.5, 0.6) is 5.75 Å². The zero-order valence-electron chi connectivity index (χ0n) is 19.2. The number of Topliss-reactive ketones (excluding diaryl/α,β-unsaturated/α-hetero) is 1. The van der Waals surface area contributed by atoms with Crippen molar-refractivity contribution in [3.63, 3.8) is 0 Å². The maximum atomic E-state index is 12.4. The number of hydrogen-bond donors (Lipinski definition) is 0. The van der Waals surface area contributed by atoms with Crippen molar-refractivity contribution < 1.29 is 14.3 Å². The predicted octanol–water partition coefficient (Wildman–Crippen LogP) is 5.20. The SMILES string of the molecule is O=C(CCc1ccccc1)Cc1ccc(-c2ccc(OCCCN3CCOCC3)cc2)cc1. The van der Waals surface area contributed by atoms with Gasteiger partial charge in [-0.15, -0.1) is 0 Å². The summed E-state index contributed by atoms with van der Waals surface area (Å²) >= 11 is 0. The molecule has 0 aliphatic carbocycles. The van der Waals surface area contributed by atoms with Crippen molar-refractivity contribution in [1.82, 2.24) is 4.90 Å². The monoisotopic (exact) mass is 443 g/mol. The third-order valence-electron chi connectivity index (χ3n) is 6.07. The minimum absolute atomic E-state index is 0.279. The van der Waals surface area contributed by atoms with Crippen LogP contribution in [0.3, 0.4) is 0 Å². The zero-order chi connectivity index (χ0) is 22.7. The predicted molar refractivity (Wildman–Crippen MR) is 133 cm³/mol. The van der Waals surface area contributed by atoms with E-state index in [9.17, 15) is 4.79 Å². The fourth-order valence-corrected chi connectivity index (χ4v) is 4.11. The van der Waals surface area contributed by atoms with E-state index in [1.807, 2.05) is 30.3 Å². The Hall–Kier alpha value is -2.95. The number of carbonyl (C=O) groups is 1. The van der Waals surface area contributed by atoms with Crippen molar-refractivity contribution in [2.75, 3.05) is 39.5 Å². The van der Waals surface area contributed by atoms with Gasteiger partial charge in [0.05, 0.1) is 19.8 Å². The first kappa shape index (κ1) is 23.2. The van der Waals surface area contributed by atoms with E-state index in [1.54, 1.807) is 0 Å². The summed E-state index contributed by atoms with van der Waals surface area (Å²) < 4.78 is 11.3. The lowest BCUT2D eigenvalue weighted by Gasteiger charge is -2.26. The molecule has 4 heteroatoms. The van der Waals surface area contributed by atoms with Crippen molar-refractivity contribution >= 4 is 5.78 Å². The van der Waals surface area contributed by atoms with Crippen LogP contribution in [0, 0.1) is 0 Å². The van der Waals surface area contributed by atoms with Crippen LogP contribution in [0.2, 0.25) is 0 Å². The van der Waals surface area contributed by atoms with Gasteiger partial charge >= 0.3 is 0 Å². The second kappa shape index (κ2) is 12.3. The normalized spacial score (nSPS) is 14.2. The number of morpholine rings is 1. The Morgan fingerprint density at radius 1 is 0.818 bits per heavy atom. The fraction of sp³-hybridized carbons (Fsp3) is 0.345. The van der Waals surface area contributed by atoms with Crippen LogP contribution in [-0.4, -0.2) is 50.1 Å². The molecular weight excluding hydrogens is 410 g/mol. The van der Waals surface area contributed by atoms with Gasteiger partial charge in [0.1, 0.15) is 11.5 Å². The Bertz CT molecular complexity index is 978. The first-order valence-electron chi connectivity index (χ1n) is 11.9. The highest BCUT2D eigenvalue weighted by Gasteiger charge is 2.09. The number of nitrogens with zero attached hydrogens (tertiary/aromatic N) is 1. The van der Waals surface area contributed by atoms with E-state index in [-0.39, 0.29) is 5.78 Å². The van der Waals surface area contributed by atoms with Gasteiger partial charge in [0.2, 0.25) is 0 Å². The highest BCUT2D eigenvalue weighted by Crippen LogP contribution is 2.23. The molecule has 172 valence electrons. The lowest BCUT2D eigenvalue weighted by molar-refractivity contribution is -0.118. The van der Waals surface area contributed by atoms with Gasteiger partial charge in [-0.25, -0.2) is 0 Å². The maximum absolute atomic E-state index is 12.4. The van der Waals surface area contributed by atoms with Crippen molar-refractivity contribution in [3.8, 4) is 16.9 Å². The zero-order valence-corrected chi connectivity index (χ0v) is 19.2. The van der Waals surface area contributed by atoms with E-state index in [0.717, 1.165) is 74.7 Å². The molecule has 0 N–H and O–H groups in total. The van der Waals surface area contributed by atoms with Crippen LogP contribution < -0.4 is 4.74 Å². The van der Waals surface area contributed by atoms with Gasteiger partial charge in [0, 0.05) is 32.5 Å². The maximum Gasteiger partial charge on any atom is 0.137 e. The summed E-state index contributed by atoms with van der Waals surface area (Å²) in [7, 11) is 0. The summed E-state index contributed by atoms with van der Waals surface area (Å²) in [5, 5.41) is 0. The Morgan fingerprint density at radius 2 is 1.48 bits per heavy atom. The van der Waals surface area contributed by atoms with E-state index in [2.05, 4.69) is 53.4 Å². The van der Waals surface area contributed by atoms with Gasteiger partial charge in [0.15, 0.2) is 0 Å². The second-order valence-corrected chi connectivity index (χ2v) is 8.58. The van der Waals surface area contributed by atoms with E-state index in [1.165, 1.54) is 5.56 Å². The van der Waals surface area contributed by atoms with Gasteiger partial charge in [-0.3, -0.25) is 9.69 Å². The molecule has 3 aromatic rings. The Kier molecular flexibility index (Phi) is 8.68. The molecule has 0 aromatic heterocycles. The number of benzene rings is 3. The lowest BCUT2D eigenvalue weighted by Crippen LogP contribution is -2.37. The molecule has 0 amide bonds. The third-order valence-corrected chi connectivity index (χ3v) is 6.07. The van der Waals surface area contributed by atoms with Crippen LogP contribution in [0.25, 0.3) is 11.1 Å². The molecule has 0 saturated carbocycles. The molecule has 1 heterocycles. The average molecular weight is 444 g/mol. The highest BCUT2D eigenvalue weighted by molar-refractivity contribution is 5.81.